The van der Waals surface area contributed by atoms with Gasteiger partial charge in [0.05, 0.1) is 130 Å². The Bertz CT molecular complexity index is 2450. The Labute approximate surface area is 438 Å². The van der Waals surface area contributed by atoms with Crippen molar-refractivity contribution in [2.24, 2.45) is 0 Å². The number of carbonyl (C=O) groups is 4. The van der Waals surface area contributed by atoms with Crippen molar-refractivity contribution >= 4 is 23.9 Å². The minimum Gasteiger partial charge on any atom is -0.497 e. The molecule has 0 fully saturated rings. The largest absolute Gasteiger partial charge is 0.497 e. The second-order valence-corrected chi connectivity index (χ2v) is 16.2. The van der Waals surface area contributed by atoms with Gasteiger partial charge in [-0.15, -0.1) is 0 Å². The Morgan fingerprint density at radius 2 is 0.605 bits per heavy atom. The first-order valence-corrected chi connectivity index (χ1v) is 23.3. The molecule has 0 radical (unpaired) electrons. The fourth-order valence-electron chi connectivity index (χ4n) is 7.41. The highest BCUT2D eigenvalue weighted by Gasteiger charge is 2.30. The molecule has 5 N–H and O–H groups in total. The van der Waals surface area contributed by atoms with Crippen molar-refractivity contribution < 1.29 is 116 Å². The summed E-state index contributed by atoms with van der Waals surface area (Å²) in [5, 5.41) is 50.8. The molecule has 4 atom stereocenters. The number of aliphatic hydroxyl groups is 5. The van der Waals surface area contributed by atoms with Crippen molar-refractivity contribution in [3.05, 3.63) is 93.0 Å². The quantitative estimate of drug-likeness (QED) is 0.0338. The van der Waals surface area contributed by atoms with Crippen molar-refractivity contribution in [1.29, 1.82) is 0 Å². The maximum absolute atomic E-state index is 14.0. The molecular weight excluding hydrogens is 1010 g/mol. The molecule has 24 nitrogen and oxygen atoms in total. The summed E-state index contributed by atoms with van der Waals surface area (Å²) in [4.78, 5) is 54.8. The SMILES string of the molecule is COc1cc(CO)c(C(=O)OC(C)COCC(COCC(COCC(CO)OC(=O)c2c(CO)cc(OC)cc2OC)OC(=O)c2c(CO)cc(OC)cc2OC)OC(=O)c2c(CO)cc(OC)cc2OC)c(OC)c1. The highest BCUT2D eigenvalue weighted by molar-refractivity contribution is 5.96. The van der Waals surface area contributed by atoms with Gasteiger partial charge in [-0.1, -0.05) is 0 Å². The summed E-state index contributed by atoms with van der Waals surface area (Å²) in [6, 6.07) is 11.4. The summed E-state index contributed by atoms with van der Waals surface area (Å²) < 4.78 is 83.3. The summed E-state index contributed by atoms with van der Waals surface area (Å²) in [7, 11) is 10.8. The van der Waals surface area contributed by atoms with Crippen LogP contribution < -0.4 is 37.9 Å². The lowest BCUT2D eigenvalue weighted by molar-refractivity contribution is -0.0838. The van der Waals surface area contributed by atoms with Gasteiger partial charge in [0.1, 0.15) is 92.7 Å². The summed E-state index contributed by atoms with van der Waals surface area (Å²) in [6.45, 7) is -4.07. The van der Waals surface area contributed by atoms with Crippen LogP contribution in [0.1, 0.15) is 70.6 Å². The first-order chi connectivity index (χ1) is 36.6. The molecule has 0 aliphatic carbocycles. The lowest BCUT2D eigenvalue weighted by Crippen LogP contribution is -2.35. The van der Waals surface area contributed by atoms with Gasteiger partial charge in [0, 0.05) is 24.3 Å². The van der Waals surface area contributed by atoms with Gasteiger partial charge >= 0.3 is 23.9 Å². The Kier molecular flexibility index (Phi) is 25.1. The molecule has 4 aromatic carbocycles. The maximum Gasteiger partial charge on any atom is 0.342 e. The standard InChI is InChI=1S/C52H66O24/c1-29(73-49(58)45-30(18-53)10-34(62-2)14-41(45)66-6)23-70-25-39(75-51(60)47-32(20-55)12-36(64-4)16-43(47)68-8)27-72-28-40(76-52(61)48-33(21-56)13-37(65-5)17-44(48)69-9)26-71-24-38(22-57)74-50(59)46-31(19-54)11-35(63-3)15-42(46)67-7/h10-17,29,38-40,53-57H,18-28H2,1-9H3. The summed E-state index contributed by atoms with van der Waals surface area (Å²) in [5.74, 6) is -2.48. The monoisotopic (exact) mass is 1070 g/mol. The van der Waals surface area contributed by atoms with E-state index in [4.69, 9.17) is 71.1 Å². The molecule has 0 heterocycles. The first kappa shape index (κ1) is 61.4. The molecule has 76 heavy (non-hydrogen) atoms. The number of methoxy groups -OCH3 is 8. The molecular formula is C52H66O24. The van der Waals surface area contributed by atoms with E-state index in [-0.39, 0.29) is 85.6 Å². The number of ether oxygens (including phenoxy) is 15. The maximum atomic E-state index is 14.0. The van der Waals surface area contributed by atoms with Crippen LogP contribution in [0, 0.1) is 0 Å². The molecule has 0 aliphatic rings. The Hall–Kier alpha value is -7.16. The first-order valence-electron chi connectivity index (χ1n) is 23.3. The zero-order chi connectivity index (χ0) is 55.9. The Morgan fingerprint density at radius 1 is 0.355 bits per heavy atom. The second-order valence-electron chi connectivity index (χ2n) is 16.2. The van der Waals surface area contributed by atoms with E-state index in [2.05, 4.69) is 0 Å². The molecule has 0 bridgehead atoms. The topological polar surface area (TPSA) is 308 Å². The van der Waals surface area contributed by atoms with Crippen molar-refractivity contribution in [3.63, 3.8) is 0 Å². The Balaban J connectivity index is 1.60. The van der Waals surface area contributed by atoms with Crippen LogP contribution in [0.4, 0.5) is 0 Å². The number of aliphatic hydroxyl groups excluding tert-OH is 5. The fraction of sp³-hybridized carbons (Fsp3) is 0.462. The normalized spacial score (nSPS) is 12.6. The smallest absolute Gasteiger partial charge is 0.342 e. The van der Waals surface area contributed by atoms with E-state index in [0.29, 0.717) is 11.5 Å². The van der Waals surface area contributed by atoms with Crippen LogP contribution in [0.15, 0.2) is 48.5 Å². The summed E-state index contributed by atoms with van der Waals surface area (Å²) in [5.41, 5.74) is 0.0136. The summed E-state index contributed by atoms with van der Waals surface area (Å²) >= 11 is 0. The van der Waals surface area contributed by atoms with Crippen molar-refractivity contribution in [2.45, 2.75) is 57.8 Å². The third-order valence-electron chi connectivity index (χ3n) is 11.2. The molecule has 0 aromatic heterocycles. The molecule has 0 spiro atoms. The number of esters is 4. The zero-order valence-corrected chi connectivity index (χ0v) is 43.7. The molecule has 4 rings (SSSR count). The lowest BCUT2D eigenvalue weighted by Gasteiger charge is -2.24. The van der Waals surface area contributed by atoms with Crippen LogP contribution in [0.3, 0.4) is 0 Å². The third kappa shape index (κ3) is 16.4. The van der Waals surface area contributed by atoms with Gasteiger partial charge < -0.3 is 96.6 Å². The second kappa shape index (κ2) is 31.0. The molecule has 4 aromatic rings. The summed E-state index contributed by atoms with van der Waals surface area (Å²) in [6.07, 6.45) is -4.82. The predicted molar refractivity (Wildman–Crippen MR) is 264 cm³/mol. The minimum atomic E-state index is -1.32. The highest BCUT2D eigenvalue weighted by Crippen LogP contribution is 2.34. The number of hydrogen-bond donors (Lipinski definition) is 5. The van der Waals surface area contributed by atoms with Crippen LogP contribution in [-0.4, -0.2) is 177 Å². The average molecular weight is 1080 g/mol. The van der Waals surface area contributed by atoms with Gasteiger partial charge in [-0.2, -0.15) is 0 Å². The molecule has 24 heteroatoms. The van der Waals surface area contributed by atoms with Gasteiger partial charge in [0.2, 0.25) is 0 Å². The van der Waals surface area contributed by atoms with Crippen molar-refractivity contribution in [1.82, 2.24) is 0 Å². The molecule has 0 amide bonds. The molecule has 418 valence electrons. The molecule has 0 saturated heterocycles. The van der Waals surface area contributed by atoms with Crippen LogP contribution in [0.5, 0.6) is 46.0 Å². The number of hydrogen-bond acceptors (Lipinski definition) is 24. The number of rotatable bonds is 33. The molecule has 0 saturated carbocycles. The minimum absolute atomic E-state index is 0.00494. The molecule has 4 unspecified atom stereocenters. The van der Waals surface area contributed by atoms with E-state index in [1.807, 2.05) is 0 Å². The van der Waals surface area contributed by atoms with Crippen LogP contribution in [0.25, 0.3) is 0 Å². The zero-order valence-electron chi connectivity index (χ0n) is 43.7. The van der Waals surface area contributed by atoms with Gasteiger partial charge in [0.25, 0.3) is 0 Å². The van der Waals surface area contributed by atoms with Gasteiger partial charge in [-0.25, -0.2) is 19.2 Å². The van der Waals surface area contributed by atoms with Crippen LogP contribution in [-0.2, 0) is 59.6 Å². The van der Waals surface area contributed by atoms with Crippen molar-refractivity contribution in [2.75, 3.05) is 103 Å². The van der Waals surface area contributed by atoms with E-state index < -0.39 is 114 Å². The van der Waals surface area contributed by atoms with Gasteiger partial charge in [-0.05, 0) is 53.4 Å². The van der Waals surface area contributed by atoms with E-state index in [0.717, 1.165) is 0 Å². The highest BCUT2D eigenvalue weighted by atomic mass is 16.6. The van der Waals surface area contributed by atoms with Gasteiger partial charge in [0.15, 0.2) is 0 Å². The van der Waals surface area contributed by atoms with Crippen LogP contribution >= 0.6 is 0 Å². The average Bonchev–Trinajstić information content (AvgIpc) is 3.44. The fourth-order valence-corrected chi connectivity index (χ4v) is 7.41. The number of carbonyl (C=O) groups excluding carboxylic acids is 4. The lowest BCUT2D eigenvalue weighted by atomic mass is 10.1. The van der Waals surface area contributed by atoms with E-state index in [1.54, 1.807) is 0 Å². The van der Waals surface area contributed by atoms with Crippen molar-refractivity contribution in [3.8, 4) is 46.0 Å². The Morgan fingerprint density at radius 3 is 0.855 bits per heavy atom. The van der Waals surface area contributed by atoms with E-state index in [1.165, 1.54) is 112 Å². The molecule has 0 aliphatic heterocycles. The number of benzene rings is 4. The van der Waals surface area contributed by atoms with E-state index >= 15 is 0 Å². The van der Waals surface area contributed by atoms with Gasteiger partial charge in [-0.3, -0.25) is 0 Å². The van der Waals surface area contributed by atoms with Crippen LogP contribution in [0.2, 0.25) is 0 Å². The predicted octanol–water partition coefficient (Wildman–Crippen LogP) is 2.99. The third-order valence-corrected chi connectivity index (χ3v) is 11.2. The van der Waals surface area contributed by atoms with E-state index in [9.17, 15) is 44.7 Å².